The normalized spacial score (nSPS) is 16.1. The number of ether oxygens (including phenoxy) is 1. The molecular weight excluding hydrogens is 314 g/mol. The minimum Gasteiger partial charge on any atom is -0.440 e. The first-order valence-electron chi connectivity index (χ1n) is 8.51. The standard InChI is InChI=1S/C20H21N3O2/c1-3-8-14-11-16-18(20(24)23(14)4-2)17(13-9-6-5-7-10-13)15(12-21)19(22)25-16/h5-7,9-11,17H,3-4,8,22H2,1-2H3. The number of fused-ring (bicyclic) bond motifs is 1. The van der Waals surface area contributed by atoms with E-state index in [1.807, 2.05) is 43.3 Å². The number of aryl methyl sites for hydroxylation is 1. The van der Waals surface area contributed by atoms with E-state index in [4.69, 9.17) is 10.5 Å². The van der Waals surface area contributed by atoms with Gasteiger partial charge in [0.2, 0.25) is 5.88 Å². The highest BCUT2D eigenvalue weighted by Gasteiger charge is 2.34. The van der Waals surface area contributed by atoms with Crippen LogP contribution in [0.4, 0.5) is 0 Å². The highest BCUT2D eigenvalue weighted by Crippen LogP contribution is 2.40. The first kappa shape index (κ1) is 16.8. The van der Waals surface area contributed by atoms with Crippen LogP contribution in [-0.2, 0) is 13.0 Å². The van der Waals surface area contributed by atoms with Gasteiger partial charge in [-0.05, 0) is 18.9 Å². The van der Waals surface area contributed by atoms with Crippen LogP contribution >= 0.6 is 0 Å². The van der Waals surface area contributed by atoms with Crippen molar-refractivity contribution in [3.8, 4) is 11.8 Å². The Balaban J connectivity index is 2.31. The predicted molar refractivity (Wildman–Crippen MR) is 96.1 cm³/mol. The van der Waals surface area contributed by atoms with E-state index in [0.717, 1.165) is 24.1 Å². The molecule has 0 aliphatic carbocycles. The minimum absolute atomic E-state index is 0.0694. The van der Waals surface area contributed by atoms with Crippen LogP contribution in [0, 0.1) is 11.3 Å². The second-order valence-corrected chi connectivity index (χ2v) is 6.05. The second-order valence-electron chi connectivity index (χ2n) is 6.05. The van der Waals surface area contributed by atoms with Gasteiger partial charge in [0.15, 0.2) is 0 Å². The van der Waals surface area contributed by atoms with Gasteiger partial charge in [-0.2, -0.15) is 5.26 Å². The molecule has 3 rings (SSSR count). The van der Waals surface area contributed by atoms with Crippen LogP contribution in [0.5, 0.6) is 5.75 Å². The summed E-state index contributed by atoms with van der Waals surface area (Å²) in [5.41, 5.74) is 8.43. The Labute approximate surface area is 147 Å². The number of hydrogen-bond donors (Lipinski definition) is 1. The average Bonchev–Trinajstić information content (AvgIpc) is 2.62. The monoisotopic (exact) mass is 335 g/mol. The number of nitriles is 1. The molecule has 0 saturated carbocycles. The Morgan fingerprint density at radius 3 is 2.60 bits per heavy atom. The van der Waals surface area contributed by atoms with Crippen molar-refractivity contribution in [3.05, 3.63) is 75.0 Å². The van der Waals surface area contributed by atoms with Crippen LogP contribution in [0.25, 0.3) is 0 Å². The van der Waals surface area contributed by atoms with Crippen LogP contribution in [0.15, 0.2) is 52.6 Å². The summed E-state index contributed by atoms with van der Waals surface area (Å²) in [7, 11) is 0. The third-order valence-electron chi connectivity index (χ3n) is 4.52. The maximum absolute atomic E-state index is 13.2. The topological polar surface area (TPSA) is 81.0 Å². The highest BCUT2D eigenvalue weighted by atomic mass is 16.5. The Kier molecular flexibility index (Phi) is 4.62. The lowest BCUT2D eigenvalue weighted by Crippen LogP contribution is -2.33. The molecule has 1 atom stereocenters. The lowest BCUT2D eigenvalue weighted by atomic mass is 9.84. The molecule has 5 nitrogen and oxygen atoms in total. The molecule has 0 bridgehead atoms. The van der Waals surface area contributed by atoms with Gasteiger partial charge in [-0.3, -0.25) is 4.79 Å². The Morgan fingerprint density at radius 2 is 2.00 bits per heavy atom. The molecule has 2 N–H and O–H groups in total. The molecule has 2 heterocycles. The molecule has 0 radical (unpaired) electrons. The minimum atomic E-state index is -0.504. The van der Waals surface area contributed by atoms with E-state index in [1.165, 1.54) is 0 Å². The number of nitrogens with zero attached hydrogens (tertiary/aromatic N) is 2. The third kappa shape index (κ3) is 2.80. The molecule has 2 aromatic rings. The zero-order chi connectivity index (χ0) is 18.0. The summed E-state index contributed by atoms with van der Waals surface area (Å²) in [6.07, 6.45) is 1.71. The number of allylic oxidation sites excluding steroid dienone is 1. The van der Waals surface area contributed by atoms with Crippen LogP contribution in [0.2, 0.25) is 0 Å². The molecule has 1 aliphatic rings. The molecule has 1 unspecified atom stereocenters. The van der Waals surface area contributed by atoms with Gasteiger partial charge in [0.25, 0.3) is 5.56 Å². The summed E-state index contributed by atoms with van der Waals surface area (Å²) < 4.78 is 7.44. The van der Waals surface area contributed by atoms with E-state index < -0.39 is 5.92 Å². The zero-order valence-corrected chi connectivity index (χ0v) is 14.5. The van der Waals surface area contributed by atoms with Crippen LogP contribution in [0.1, 0.15) is 43.0 Å². The first-order valence-corrected chi connectivity index (χ1v) is 8.51. The largest absolute Gasteiger partial charge is 0.440 e. The molecule has 128 valence electrons. The fourth-order valence-corrected chi connectivity index (χ4v) is 3.41. The molecule has 25 heavy (non-hydrogen) atoms. The van der Waals surface area contributed by atoms with Crippen molar-refractivity contribution in [1.29, 1.82) is 5.26 Å². The maximum Gasteiger partial charge on any atom is 0.258 e. The van der Waals surface area contributed by atoms with E-state index in [9.17, 15) is 10.1 Å². The second kappa shape index (κ2) is 6.86. The van der Waals surface area contributed by atoms with Crippen molar-refractivity contribution in [2.24, 2.45) is 5.73 Å². The van der Waals surface area contributed by atoms with Crippen molar-refractivity contribution in [2.45, 2.75) is 39.2 Å². The smallest absolute Gasteiger partial charge is 0.258 e. The Morgan fingerprint density at radius 1 is 1.28 bits per heavy atom. The van der Waals surface area contributed by atoms with Gasteiger partial charge in [0.05, 0.1) is 11.5 Å². The van der Waals surface area contributed by atoms with Gasteiger partial charge in [0.1, 0.15) is 17.4 Å². The zero-order valence-electron chi connectivity index (χ0n) is 14.5. The van der Waals surface area contributed by atoms with Gasteiger partial charge in [-0.15, -0.1) is 0 Å². The van der Waals surface area contributed by atoms with Crippen molar-refractivity contribution in [1.82, 2.24) is 4.57 Å². The molecule has 1 aromatic heterocycles. The summed E-state index contributed by atoms with van der Waals surface area (Å²) in [5.74, 6) is 0.0272. The Bertz CT molecular complexity index is 920. The number of nitrogens with two attached hydrogens (primary N) is 1. The Hall–Kier alpha value is -3.00. The number of hydrogen-bond acceptors (Lipinski definition) is 4. The summed E-state index contributed by atoms with van der Waals surface area (Å²) in [4.78, 5) is 13.2. The number of benzene rings is 1. The van der Waals surface area contributed by atoms with Gasteiger partial charge >= 0.3 is 0 Å². The fraction of sp³-hybridized carbons (Fsp3) is 0.300. The molecular formula is C20H21N3O2. The number of rotatable bonds is 4. The molecule has 0 fully saturated rings. The molecule has 0 spiro atoms. The first-order chi connectivity index (χ1) is 12.1. The lowest BCUT2D eigenvalue weighted by molar-refractivity contribution is 0.388. The fourth-order valence-electron chi connectivity index (χ4n) is 3.41. The molecule has 1 aliphatic heterocycles. The predicted octanol–water partition coefficient (Wildman–Crippen LogP) is 3.04. The van der Waals surface area contributed by atoms with Crippen molar-refractivity contribution >= 4 is 0 Å². The molecule has 0 saturated heterocycles. The molecule has 5 heteroatoms. The third-order valence-corrected chi connectivity index (χ3v) is 4.52. The molecule has 0 amide bonds. The SMILES string of the molecule is CCCc1cc2c(c(=O)n1CC)C(c1ccccc1)C(C#N)=C(N)O2. The number of aromatic nitrogens is 1. The summed E-state index contributed by atoms with van der Waals surface area (Å²) in [5, 5.41) is 9.60. The van der Waals surface area contributed by atoms with E-state index in [2.05, 4.69) is 13.0 Å². The van der Waals surface area contributed by atoms with Crippen molar-refractivity contribution in [2.75, 3.05) is 0 Å². The van der Waals surface area contributed by atoms with Gasteiger partial charge in [0, 0.05) is 18.3 Å². The van der Waals surface area contributed by atoms with E-state index in [1.54, 1.807) is 4.57 Å². The summed E-state index contributed by atoms with van der Waals surface area (Å²) in [6, 6.07) is 13.5. The van der Waals surface area contributed by atoms with E-state index in [0.29, 0.717) is 17.9 Å². The van der Waals surface area contributed by atoms with Crippen molar-refractivity contribution < 1.29 is 4.74 Å². The lowest BCUT2D eigenvalue weighted by Gasteiger charge is -2.27. The summed E-state index contributed by atoms with van der Waals surface area (Å²) in [6.45, 7) is 4.59. The van der Waals surface area contributed by atoms with Gasteiger partial charge in [-0.25, -0.2) is 0 Å². The average molecular weight is 335 g/mol. The van der Waals surface area contributed by atoms with Crippen LogP contribution in [-0.4, -0.2) is 4.57 Å². The van der Waals surface area contributed by atoms with E-state index in [-0.39, 0.29) is 17.0 Å². The van der Waals surface area contributed by atoms with E-state index >= 15 is 0 Å². The number of pyridine rings is 1. The van der Waals surface area contributed by atoms with Gasteiger partial charge < -0.3 is 15.0 Å². The molecule has 1 aromatic carbocycles. The van der Waals surface area contributed by atoms with Gasteiger partial charge in [-0.1, -0.05) is 43.7 Å². The van der Waals surface area contributed by atoms with Crippen LogP contribution in [0.3, 0.4) is 0 Å². The quantitative estimate of drug-likeness (QED) is 0.931. The maximum atomic E-state index is 13.2. The van der Waals surface area contributed by atoms with Crippen LogP contribution < -0.4 is 16.0 Å². The highest BCUT2D eigenvalue weighted by molar-refractivity contribution is 5.55. The van der Waals surface area contributed by atoms with Crippen molar-refractivity contribution in [3.63, 3.8) is 0 Å². The summed E-state index contributed by atoms with van der Waals surface area (Å²) >= 11 is 0.